The summed E-state index contributed by atoms with van der Waals surface area (Å²) >= 11 is 0. The Kier molecular flexibility index (Phi) is 3.28. The van der Waals surface area contributed by atoms with Crippen molar-refractivity contribution >= 4 is 11.9 Å². The highest BCUT2D eigenvalue weighted by molar-refractivity contribution is 6.01. The second kappa shape index (κ2) is 4.97. The van der Waals surface area contributed by atoms with Crippen LogP contribution in [0.4, 0.5) is 0 Å². The Morgan fingerprint density at radius 1 is 1.20 bits per heavy atom. The van der Waals surface area contributed by atoms with Crippen LogP contribution in [-0.4, -0.2) is 30.9 Å². The monoisotopic (exact) mass is 271 g/mol. The van der Waals surface area contributed by atoms with E-state index >= 15 is 0 Å². The molecule has 3 aliphatic heterocycles. The van der Waals surface area contributed by atoms with Crippen LogP contribution in [0.2, 0.25) is 0 Å². The lowest BCUT2D eigenvalue weighted by atomic mass is 9.84. The molecule has 3 aliphatic rings. The number of Topliss-reactive ketones (excluding diaryl/α,β-unsaturated/α-hetero) is 1. The second-order valence-corrected chi connectivity index (χ2v) is 5.84. The molecule has 3 nitrogen and oxygen atoms in total. The number of nitrogens with zero attached hydrogens (tertiary/aromatic N) is 1. The van der Waals surface area contributed by atoms with Crippen molar-refractivity contribution in [2.45, 2.75) is 26.7 Å². The predicted octanol–water partition coefficient (Wildman–Crippen LogP) is 2.95. The van der Waals surface area contributed by atoms with E-state index in [1.807, 2.05) is 19.9 Å². The van der Waals surface area contributed by atoms with Crippen molar-refractivity contribution in [3.63, 3.8) is 0 Å². The molecule has 0 aromatic heterocycles. The molecule has 0 saturated carbocycles. The van der Waals surface area contributed by atoms with Crippen LogP contribution in [0.3, 0.4) is 0 Å². The van der Waals surface area contributed by atoms with Crippen molar-refractivity contribution in [1.29, 1.82) is 0 Å². The molecule has 3 heteroatoms. The second-order valence-electron chi connectivity index (χ2n) is 5.84. The molecule has 3 fully saturated rings. The molecule has 106 valence electrons. The molecule has 0 N–H and O–H groups in total. The number of hydrogen-bond donors (Lipinski definition) is 0. The standard InChI is InChI=1S/C17H21NO2/c1-11-8-13(9-12(2)17(11)20-3)10-15-16(19)14-4-6-18(15)7-5-14/h8-10,14H,4-7H2,1-3H3. The van der Waals surface area contributed by atoms with Gasteiger partial charge in [-0.3, -0.25) is 4.79 Å². The highest BCUT2D eigenvalue weighted by atomic mass is 16.5. The van der Waals surface area contributed by atoms with Gasteiger partial charge in [-0.1, -0.05) is 0 Å². The average Bonchev–Trinajstić information content (AvgIpc) is 2.43. The van der Waals surface area contributed by atoms with Gasteiger partial charge in [0.2, 0.25) is 0 Å². The number of ketones is 1. The summed E-state index contributed by atoms with van der Waals surface area (Å²) in [5, 5.41) is 0. The van der Waals surface area contributed by atoms with Crippen molar-refractivity contribution < 1.29 is 9.53 Å². The highest BCUT2D eigenvalue weighted by Gasteiger charge is 2.36. The van der Waals surface area contributed by atoms with Crippen LogP contribution >= 0.6 is 0 Å². The van der Waals surface area contributed by atoms with E-state index in [0.29, 0.717) is 5.78 Å². The maximum Gasteiger partial charge on any atom is 0.182 e. The van der Waals surface area contributed by atoms with E-state index in [0.717, 1.165) is 54.1 Å². The number of benzene rings is 1. The third kappa shape index (κ3) is 2.11. The van der Waals surface area contributed by atoms with Crippen molar-refractivity contribution in [3.05, 3.63) is 34.5 Å². The lowest BCUT2D eigenvalue weighted by molar-refractivity contribution is -0.125. The van der Waals surface area contributed by atoms with Crippen LogP contribution in [0.15, 0.2) is 17.8 Å². The van der Waals surface area contributed by atoms with Gasteiger partial charge in [0.1, 0.15) is 5.75 Å². The van der Waals surface area contributed by atoms with Gasteiger partial charge in [-0.2, -0.15) is 0 Å². The first-order valence-electron chi connectivity index (χ1n) is 7.26. The summed E-state index contributed by atoms with van der Waals surface area (Å²) in [5.74, 6) is 1.52. The molecule has 0 spiro atoms. The van der Waals surface area contributed by atoms with Gasteiger partial charge in [0.15, 0.2) is 5.78 Å². The van der Waals surface area contributed by atoms with Crippen molar-refractivity contribution in [1.82, 2.24) is 4.90 Å². The van der Waals surface area contributed by atoms with Gasteiger partial charge in [-0.05, 0) is 61.6 Å². The van der Waals surface area contributed by atoms with Crippen molar-refractivity contribution in [3.8, 4) is 5.75 Å². The maximum atomic E-state index is 12.3. The fourth-order valence-electron chi connectivity index (χ4n) is 3.46. The normalized spacial score (nSPS) is 20.9. The molecule has 3 heterocycles. The number of allylic oxidation sites excluding steroid dienone is 1. The third-order valence-corrected chi connectivity index (χ3v) is 4.45. The summed E-state index contributed by atoms with van der Waals surface area (Å²) in [5.41, 5.74) is 4.22. The zero-order chi connectivity index (χ0) is 14.3. The quantitative estimate of drug-likeness (QED) is 0.775. The summed E-state index contributed by atoms with van der Waals surface area (Å²) in [6.45, 7) is 6.14. The first-order valence-corrected chi connectivity index (χ1v) is 7.26. The molecule has 0 unspecified atom stereocenters. The van der Waals surface area contributed by atoms with Crippen LogP contribution in [-0.2, 0) is 4.79 Å². The Morgan fingerprint density at radius 3 is 2.30 bits per heavy atom. The molecular weight excluding hydrogens is 250 g/mol. The summed E-state index contributed by atoms with van der Waals surface area (Å²) in [6, 6.07) is 4.19. The number of piperidine rings is 3. The maximum absolute atomic E-state index is 12.3. The number of fused-ring (bicyclic) bond motifs is 3. The third-order valence-electron chi connectivity index (χ3n) is 4.45. The molecule has 1 aromatic carbocycles. The van der Waals surface area contributed by atoms with E-state index in [2.05, 4.69) is 17.0 Å². The van der Waals surface area contributed by atoms with Gasteiger partial charge in [-0.15, -0.1) is 0 Å². The van der Waals surface area contributed by atoms with E-state index in [-0.39, 0.29) is 5.92 Å². The van der Waals surface area contributed by atoms with Crippen LogP contribution in [0.25, 0.3) is 6.08 Å². The fourth-order valence-corrected chi connectivity index (χ4v) is 3.46. The number of ether oxygens (including phenoxy) is 1. The number of rotatable bonds is 2. The van der Waals surface area contributed by atoms with E-state index in [1.165, 1.54) is 0 Å². The number of carbonyl (C=O) groups excluding carboxylic acids is 1. The first-order chi connectivity index (χ1) is 9.60. The molecule has 4 rings (SSSR count). The predicted molar refractivity (Wildman–Crippen MR) is 79.7 cm³/mol. The average molecular weight is 271 g/mol. The minimum atomic E-state index is 0.256. The van der Waals surface area contributed by atoms with E-state index in [4.69, 9.17) is 4.74 Å². The van der Waals surface area contributed by atoms with Crippen molar-refractivity contribution in [2.75, 3.05) is 20.2 Å². The molecule has 3 saturated heterocycles. The van der Waals surface area contributed by atoms with Gasteiger partial charge in [-0.25, -0.2) is 0 Å². The van der Waals surface area contributed by atoms with E-state index in [1.54, 1.807) is 7.11 Å². The van der Waals surface area contributed by atoms with Gasteiger partial charge in [0.25, 0.3) is 0 Å². The molecule has 0 aliphatic carbocycles. The SMILES string of the molecule is COc1c(C)cc(C=C2C(=O)C3CCN2CC3)cc1C. The summed E-state index contributed by atoms with van der Waals surface area (Å²) in [4.78, 5) is 14.6. The van der Waals surface area contributed by atoms with E-state index in [9.17, 15) is 4.79 Å². The van der Waals surface area contributed by atoms with Crippen LogP contribution < -0.4 is 4.74 Å². The summed E-state index contributed by atoms with van der Waals surface area (Å²) in [7, 11) is 1.70. The Labute approximate surface area is 120 Å². The topological polar surface area (TPSA) is 29.5 Å². The summed E-state index contributed by atoms with van der Waals surface area (Å²) in [6.07, 6.45) is 4.10. The minimum absolute atomic E-state index is 0.256. The fraction of sp³-hybridized carbons (Fsp3) is 0.471. The summed E-state index contributed by atoms with van der Waals surface area (Å²) < 4.78 is 5.39. The zero-order valence-electron chi connectivity index (χ0n) is 12.4. The smallest absolute Gasteiger partial charge is 0.182 e. The molecular formula is C17H21NO2. The minimum Gasteiger partial charge on any atom is -0.496 e. The van der Waals surface area contributed by atoms with Gasteiger partial charge >= 0.3 is 0 Å². The van der Waals surface area contributed by atoms with Crippen LogP contribution in [0.5, 0.6) is 5.75 Å². The van der Waals surface area contributed by atoms with Crippen LogP contribution in [0.1, 0.15) is 29.5 Å². The number of aryl methyl sites for hydroxylation is 2. The van der Waals surface area contributed by atoms with Gasteiger partial charge < -0.3 is 9.64 Å². The molecule has 0 atom stereocenters. The molecule has 0 radical (unpaired) electrons. The lowest BCUT2D eigenvalue weighted by Crippen LogP contribution is -2.45. The molecule has 1 aromatic rings. The first kappa shape index (κ1) is 13.2. The Bertz CT molecular complexity index is 558. The van der Waals surface area contributed by atoms with Crippen LogP contribution in [0, 0.1) is 19.8 Å². The molecule has 0 amide bonds. The number of hydrogen-bond acceptors (Lipinski definition) is 3. The molecule has 2 bridgehead atoms. The molecule has 20 heavy (non-hydrogen) atoms. The van der Waals surface area contributed by atoms with Gasteiger partial charge in [0.05, 0.1) is 12.8 Å². The van der Waals surface area contributed by atoms with Crippen molar-refractivity contribution in [2.24, 2.45) is 5.92 Å². The largest absolute Gasteiger partial charge is 0.496 e. The zero-order valence-corrected chi connectivity index (χ0v) is 12.4. The highest BCUT2D eigenvalue weighted by Crippen LogP contribution is 2.33. The number of methoxy groups -OCH3 is 1. The Hall–Kier alpha value is -1.77. The number of carbonyl (C=O) groups is 1. The lowest BCUT2D eigenvalue weighted by Gasteiger charge is -2.41. The Balaban J connectivity index is 1.98. The van der Waals surface area contributed by atoms with E-state index < -0.39 is 0 Å². The Morgan fingerprint density at radius 2 is 1.80 bits per heavy atom. The van der Waals surface area contributed by atoms with Gasteiger partial charge in [0, 0.05) is 19.0 Å².